The summed E-state index contributed by atoms with van der Waals surface area (Å²) < 4.78 is 0. The number of hydrogen-bond donors (Lipinski definition) is 1. The monoisotopic (exact) mass is 260 g/mol. The zero-order chi connectivity index (χ0) is 13.9. The number of likely N-dealkylation sites (tertiary alicyclic amines) is 1. The molecule has 1 aromatic rings. The average molecular weight is 260 g/mol. The highest BCUT2D eigenvalue weighted by molar-refractivity contribution is 5.15. The molecular weight excluding hydrogens is 232 g/mol. The molecule has 1 heterocycles. The van der Waals surface area contributed by atoms with E-state index in [1.807, 2.05) is 0 Å². The highest BCUT2D eigenvalue weighted by Gasteiger charge is 2.33. The van der Waals surface area contributed by atoms with Crippen LogP contribution in [0.5, 0.6) is 0 Å². The summed E-state index contributed by atoms with van der Waals surface area (Å²) in [6.07, 6.45) is 4.63. The Bertz CT molecular complexity index is 386. The first kappa shape index (κ1) is 14.5. The zero-order valence-electron chi connectivity index (χ0n) is 12.6. The average Bonchev–Trinajstić information content (AvgIpc) is 2.37. The predicted octanol–water partition coefficient (Wildman–Crippen LogP) is 3.21. The largest absolute Gasteiger partial charge is 0.328 e. The maximum absolute atomic E-state index is 6.07. The summed E-state index contributed by atoms with van der Waals surface area (Å²) in [5, 5.41) is 0. The van der Waals surface area contributed by atoms with E-state index >= 15 is 0 Å². The molecule has 2 N–H and O–H groups in total. The van der Waals surface area contributed by atoms with Crippen molar-refractivity contribution < 1.29 is 0 Å². The number of benzene rings is 1. The van der Waals surface area contributed by atoms with Crippen molar-refractivity contribution in [2.75, 3.05) is 6.54 Å². The van der Waals surface area contributed by atoms with Gasteiger partial charge in [0.1, 0.15) is 0 Å². The zero-order valence-corrected chi connectivity index (χ0v) is 12.6. The van der Waals surface area contributed by atoms with E-state index in [9.17, 15) is 0 Å². The molecule has 2 rings (SSSR count). The van der Waals surface area contributed by atoms with Crippen molar-refractivity contribution in [3.05, 3.63) is 35.9 Å². The van der Waals surface area contributed by atoms with Crippen LogP contribution in [0, 0.1) is 0 Å². The second-order valence-electron chi connectivity index (χ2n) is 6.62. The smallest absolute Gasteiger partial charge is 0.0159 e. The molecule has 0 aromatic heterocycles. The van der Waals surface area contributed by atoms with Gasteiger partial charge in [-0.3, -0.25) is 4.90 Å². The molecule has 1 aliphatic rings. The number of rotatable bonds is 4. The van der Waals surface area contributed by atoms with Crippen molar-refractivity contribution in [3.63, 3.8) is 0 Å². The maximum Gasteiger partial charge on any atom is 0.0159 e. The summed E-state index contributed by atoms with van der Waals surface area (Å²) in [4.78, 5) is 2.65. The molecule has 0 saturated carbocycles. The van der Waals surface area contributed by atoms with E-state index in [1.165, 1.54) is 12.0 Å². The molecule has 1 aliphatic heterocycles. The van der Waals surface area contributed by atoms with Crippen LogP contribution in [-0.2, 0) is 6.42 Å². The van der Waals surface area contributed by atoms with Gasteiger partial charge in [-0.05, 0) is 52.0 Å². The third-order valence-corrected chi connectivity index (χ3v) is 4.56. The minimum absolute atomic E-state index is 0.259. The fraction of sp³-hybridized carbons (Fsp3) is 0.647. The molecule has 2 unspecified atom stereocenters. The summed E-state index contributed by atoms with van der Waals surface area (Å²) in [5.41, 5.74) is 7.77. The first-order chi connectivity index (χ1) is 8.99. The Hall–Kier alpha value is -0.860. The third kappa shape index (κ3) is 3.80. The molecule has 0 amide bonds. The third-order valence-electron chi connectivity index (χ3n) is 4.56. The summed E-state index contributed by atoms with van der Waals surface area (Å²) in [5.74, 6) is 0. The second kappa shape index (κ2) is 6.06. The van der Waals surface area contributed by atoms with Crippen LogP contribution in [0.25, 0.3) is 0 Å². The Morgan fingerprint density at radius 1 is 1.26 bits per heavy atom. The quantitative estimate of drug-likeness (QED) is 0.900. The Kier molecular flexibility index (Phi) is 4.64. The van der Waals surface area contributed by atoms with Gasteiger partial charge in [0.05, 0.1) is 0 Å². The SMILES string of the molecule is CC1CC(N)CCN1C(C)(C)CCc1ccccc1. The van der Waals surface area contributed by atoms with E-state index in [4.69, 9.17) is 5.73 Å². The van der Waals surface area contributed by atoms with Crippen LogP contribution in [0.2, 0.25) is 0 Å². The van der Waals surface area contributed by atoms with Gasteiger partial charge in [0.15, 0.2) is 0 Å². The Morgan fingerprint density at radius 3 is 2.58 bits per heavy atom. The van der Waals surface area contributed by atoms with E-state index in [0.29, 0.717) is 12.1 Å². The standard InChI is InChI=1S/C17H28N2/c1-14-13-16(18)10-12-19(14)17(2,3)11-9-15-7-5-4-6-8-15/h4-8,14,16H,9-13,18H2,1-3H3. The maximum atomic E-state index is 6.07. The van der Waals surface area contributed by atoms with Crippen molar-refractivity contribution in [1.29, 1.82) is 0 Å². The van der Waals surface area contributed by atoms with Crippen molar-refractivity contribution in [1.82, 2.24) is 4.90 Å². The lowest BCUT2D eigenvalue weighted by Crippen LogP contribution is -2.55. The lowest BCUT2D eigenvalue weighted by molar-refractivity contribution is 0.0366. The highest BCUT2D eigenvalue weighted by atomic mass is 15.2. The van der Waals surface area contributed by atoms with Gasteiger partial charge >= 0.3 is 0 Å². The van der Waals surface area contributed by atoms with E-state index in [-0.39, 0.29) is 5.54 Å². The van der Waals surface area contributed by atoms with Crippen LogP contribution >= 0.6 is 0 Å². The minimum Gasteiger partial charge on any atom is -0.328 e. The molecule has 1 saturated heterocycles. The van der Waals surface area contributed by atoms with Gasteiger partial charge in [-0.15, -0.1) is 0 Å². The Morgan fingerprint density at radius 2 is 1.95 bits per heavy atom. The highest BCUT2D eigenvalue weighted by Crippen LogP contribution is 2.28. The van der Waals surface area contributed by atoms with Gasteiger partial charge < -0.3 is 5.73 Å². The van der Waals surface area contributed by atoms with E-state index < -0.39 is 0 Å². The van der Waals surface area contributed by atoms with Crippen molar-refractivity contribution in [2.24, 2.45) is 5.73 Å². The van der Waals surface area contributed by atoms with Gasteiger partial charge in [-0.2, -0.15) is 0 Å². The first-order valence-corrected chi connectivity index (χ1v) is 7.55. The van der Waals surface area contributed by atoms with Crippen molar-refractivity contribution >= 4 is 0 Å². The number of nitrogens with zero attached hydrogens (tertiary/aromatic N) is 1. The first-order valence-electron chi connectivity index (χ1n) is 7.55. The molecule has 1 fully saturated rings. The van der Waals surface area contributed by atoms with Crippen molar-refractivity contribution in [3.8, 4) is 0 Å². The number of aryl methyl sites for hydroxylation is 1. The molecule has 2 nitrogen and oxygen atoms in total. The van der Waals surface area contributed by atoms with E-state index in [2.05, 4.69) is 56.0 Å². The molecule has 19 heavy (non-hydrogen) atoms. The summed E-state index contributed by atoms with van der Waals surface area (Å²) in [6.45, 7) is 8.22. The summed E-state index contributed by atoms with van der Waals surface area (Å²) in [6, 6.07) is 11.8. The summed E-state index contributed by atoms with van der Waals surface area (Å²) in [7, 11) is 0. The molecule has 2 atom stereocenters. The topological polar surface area (TPSA) is 29.3 Å². The molecule has 106 valence electrons. The normalized spacial score (nSPS) is 25.5. The molecule has 0 radical (unpaired) electrons. The van der Waals surface area contributed by atoms with Crippen LogP contribution in [-0.4, -0.2) is 29.1 Å². The lowest BCUT2D eigenvalue weighted by atomic mass is 9.88. The Labute approximate surface area is 118 Å². The Balaban J connectivity index is 1.94. The molecule has 2 heteroatoms. The van der Waals surface area contributed by atoms with Crippen LogP contribution in [0.3, 0.4) is 0 Å². The molecule has 1 aromatic carbocycles. The van der Waals surface area contributed by atoms with Crippen LogP contribution in [0.1, 0.15) is 45.6 Å². The molecular formula is C17H28N2. The van der Waals surface area contributed by atoms with Gasteiger partial charge in [0.25, 0.3) is 0 Å². The van der Waals surface area contributed by atoms with Gasteiger partial charge in [0, 0.05) is 24.2 Å². The predicted molar refractivity (Wildman–Crippen MR) is 82.2 cm³/mol. The number of nitrogens with two attached hydrogens (primary N) is 1. The summed E-state index contributed by atoms with van der Waals surface area (Å²) >= 11 is 0. The second-order valence-corrected chi connectivity index (χ2v) is 6.62. The molecule has 0 bridgehead atoms. The molecule has 0 spiro atoms. The lowest BCUT2D eigenvalue weighted by Gasteiger charge is -2.47. The van der Waals surface area contributed by atoms with Gasteiger partial charge in [0.2, 0.25) is 0 Å². The fourth-order valence-corrected chi connectivity index (χ4v) is 3.35. The van der Waals surface area contributed by atoms with Gasteiger partial charge in [-0.25, -0.2) is 0 Å². The minimum atomic E-state index is 0.259. The fourth-order valence-electron chi connectivity index (χ4n) is 3.35. The van der Waals surface area contributed by atoms with Crippen LogP contribution in [0.15, 0.2) is 30.3 Å². The van der Waals surface area contributed by atoms with Crippen molar-refractivity contribution in [2.45, 2.75) is 64.1 Å². The van der Waals surface area contributed by atoms with E-state index in [0.717, 1.165) is 25.8 Å². The molecule has 0 aliphatic carbocycles. The van der Waals surface area contributed by atoms with Crippen LogP contribution in [0.4, 0.5) is 0 Å². The van der Waals surface area contributed by atoms with Gasteiger partial charge in [-0.1, -0.05) is 30.3 Å². The number of hydrogen-bond acceptors (Lipinski definition) is 2. The number of piperidine rings is 1. The van der Waals surface area contributed by atoms with E-state index in [1.54, 1.807) is 0 Å². The van der Waals surface area contributed by atoms with Crippen LogP contribution < -0.4 is 5.73 Å².